The smallest absolute Gasteiger partial charge is 0.309 e. The van der Waals surface area contributed by atoms with Crippen LogP contribution in [0.2, 0.25) is 0 Å². The molecule has 0 unspecified atom stereocenters. The molecule has 126 valence electrons. The molecule has 5 nitrogen and oxygen atoms in total. The van der Waals surface area contributed by atoms with E-state index < -0.39 is 0 Å². The van der Waals surface area contributed by atoms with Gasteiger partial charge in [-0.25, -0.2) is 0 Å². The van der Waals surface area contributed by atoms with E-state index in [2.05, 4.69) is 17.4 Å². The van der Waals surface area contributed by atoms with Crippen molar-refractivity contribution < 1.29 is 14.3 Å². The molecule has 0 aliphatic carbocycles. The summed E-state index contributed by atoms with van der Waals surface area (Å²) in [7, 11) is 0. The molecule has 1 aliphatic heterocycles. The first kappa shape index (κ1) is 17.5. The van der Waals surface area contributed by atoms with Crippen molar-refractivity contribution in [2.24, 2.45) is 5.92 Å². The van der Waals surface area contributed by atoms with Crippen LogP contribution in [0.5, 0.6) is 0 Å². The summed E-state index contributed by atoms with van der Waals surface area (Å²) in [5.41, 5.74) is 1.27. The summed E-state index contributed by atoms with van der Waals surface area (Å²) < 4.78 is 5.04. The average molecular weight is 318 g/mol. The van der Waals surface area contributed by atoms with Gasteiger partial charge in [-0.2, -0.15) is 0 Å². The Kier molecular flexibility index (Phi) is 7.07. The second-order valence-corrected chi connectivity index (χ2v) is 5.82. The minimum Gasteiger partial charge on any atom is -0.466 e. The van der Waals surface area contributed by atoms with Crippen molar-refractivity contribution in [3.05, 3.63) is 35.9 Å². The molecule has 1 heterocycles. The van der Waals surface area contributed by atoms with E-state index in [9.17, 15) is 9.59 Å². The molecule has 1 saturated heterocycles. The van der Waals surface area contributed by atoms with Crippen LogP contribution in [0.3, 0.4) is 0 Å². The number of hydrogen-bond acceptors (Lipinski definition) is 4. The Morgan fingerprint density at radius 2 is 1.91 bits per heavy atom. The van der Waals surface area contributed by atoms with Gasteiger partial charge in [0, 0.05) is 13.1 Å². The molecule has 0 atom stereocenters. The molecule has 2 rings (SSSR count). The highest BCUT2D eigenvalue weighted by Gasteiger charge is 2.27. The maximum absolute atomic E-state index is 12.2. The Balaban J connectivity index is 1.62. The number of nitrogens with zero attached hydrogens (tertiary/aromatic N) is 1. The average Bonchev–Trinajstić information content (AvgIpc) is 2.60. The topological polar surface area (TPSA) is 58.6 Å². The number of amides is 1. The zero-order chi connectivity index (χ0) is 16.5. The van der Waals surface area contributed by atoms with Crippen molar-refractivity contribution in [1.82, 2.24) is 10.2 Å². The molecule has 1 amide bonds. The molecule has 5 heteroatoms. The Morgan fingerprint density at radius 3 is 2.57 bits per heavy atom. The van der Waals surface area contributed by atoms with Crippen LogP contribution < -0.4 is 5.32 Å². The lowest BCUT2D eigenvalue weighted by Gasteiger charge is -2.31. The lowest BCUT2D eigenvalue weighted by atomic mass is 9.97. The monoisotopic (exact) mass is 318 g/mol. The number of hydrogen-bond donors (Lipinski definition) is 1. The molecule has 0 radical (unpaired) electrons. The lowest BCUT2D eigenvalue weighted by Crippen LogP contribution is -2.44. The quantitative estimate of drug-likeness (QED) is 0.613. The molecule has 1 aliphatic rings. The number of esters is 1. The summed E-state index contributed by atoms with van der Waals surface area (Å²) >= 11 is 0. The highest BCUT2D eigenvalue weighted by atomic mass is 16.5. The number of likely N-dealkylation sites (tertiary alicyclic amines) is 1. The van der Waals surface area contributed by atoms with Gasteiger partial charge in [0.15, 0.2) is 0 Å². The third-order valence-corrected chi connectivity index (χ3v) is 4.18. The van der Waals surface area contributed by atoms with Gasteiger partial charge in [0.25, 0.3) is 0 Å². The summed E-state index contributed by atoms with van der Waals surface area (Å²) in [6.07, 6.45) is 2.32. The van der Waals surface area contributed by atoms with E-state index in [1.807, 2.05) is 30.0 Å². The number of carbonyl (C=O) groups excluding carboxylic acids is 2. The van der Waals surface area contributed by atoms with Crippen LogP contribution in [-0.2, 0) is 20.7 Å². The van der Waals surface area contributed by atoms with Crippen molar-refractivity contribution >= 4 is 11.9 Å². The van der Waals surface area contributed by atoms with Crippen LogP contribution in [-0.4, -0.2) is 49.6 Å². The summed E-state index contributed by atoms with van der Waals surface area (Å²) in [6.45, 7) is 4.66. The number of nitrogens with one attached hydrogen (secondary N) is 1. The van der Waals surface area contributed by atoms with Crippen LogP contribution >= 0.6 is 0 Å². The van der Waals surface area contributed by atoms with Crippen LogP contribution in [0, 0.1) is 5.92 Å². The van der Waals surface area contributed by atoms with Crippen LogP contribution in [0.25, 0.3) is 0 Å². The van der Waals surface area contributed by atoms with Crippen LogP contribution in [0.4, 0.5) is 0 Å². The Hall–Kier alpha value is -1.88. The largest absolute Gasteiger partial charge is 0.466 e. The first-order valence-corrected chi connectivity index (χ1v) is 8.39. The Labute approximate surface area is 138 Å². The van der Waals surface area contributed by atoms with Gasteiger partial charge >= 0.3 is 5.97 Å². The second-order valence-electron chi connectivity index (χ2n) is 5.82. The second kappa shape index (κ2) is 9.30. The van der Waals surface area contributed by atoms with Crippen molar-refractivity contribution in [3.8, 4) is 0 Å². The molecule has 0 spiro atoms. The Morgan fingerprint density at radius 1 is 1.22 bits per heavy atom. The number of benzene rings is 1. The van der Waals surface area contributed by atoms with Crippen LogP contribution in [0.15, 0.2) is 30.3 Å². The van der Waals surface area contributed by atoms with Gasteiger partial charge in [-0.1, -0.05) is 30.3 Å². The van der Waals surface area contributed by atoms with Crippen molar-refractivity contribution in [3.63, 3.8) is 0 Å². The predicted molar refractivity (Wildman–Crippen MR) is 89.0 cm³/mol. The van der Waals surface area contributed by atoms with Crippen molar-refractivity contribution in [2.75, 3.05) is 32.8 Å². The fourth-order valence-corrected chi connectivity index (χ4v) is 2.81. The third kappa shape index (κ3) is 5.67. The van der Waals surface area contributed by atoms with Gasteiger partial charge < -0.3 is 15.0 Å². The third-order valence-electron chi connectivity index (χ3n) is 4.18. The first-order chi connectivity index (χ1) is 11.2. The number of rotatable bonds is 7. The van der Waals surface area contributed by atoms with Gasteiger partial charge in [-0.15, -0.1) is 0 Å². The summed E-state index contributed by atoms with van der Waals surface area (Å²) in [5.74, 6) is -0.0639. The molecule has 0 saturated carbocycles. The van der Waals surface area contributed by atoms with Crippen LogP contribution in [0.1, 0.15) is 25.3 Å². The molecule has 0 aromatic heterocycles. The zero-order valence-corrected chi connectivity index (χ0v) is 13.8. The van der Waals surface area contributed by atoms with Gasteiger partial charge in [-0.3, -0.25) is 9.59 Å². The predicted octanol–water partition coefficient (Wildman–Crippen LogP) is 1.62. The first-order valence-electron chi connectivity index (χ1n) is 8.39. The van der Waals surface area contributed by atoms with E-state index in [1.54, 1.807) is 0 Å². The number of piperidine rings is 1. The van der Waals surface area contributed by atoms with E-state index in [-0.39, 0.29) is 17.8 Å². The fraction of sp³-hybridized carbons (Fsp3) is 0.556. The molecule has 1 aromatic carbocycles. The maximum atomic E-state index is 12.2. The molecule has 0 bridgehead atoms. The van der Waals surface area contributed by atoms with Gasteiger partial charge in [0.05, 0.1) is 19.1 Å². The highest BCUT2D eigenvalue weighted by molar-refractivity contribution is 5.79. The molecule has 1 N–H and O–H groups in total. The van der Waals surface area contributed by atoms with E-state index in [1.165, 1.54) is 5.56 Å². The van der Waals surface area contributed by atoms with E-state index in [0.29, 0.717) is 39.1 Å². The van der Waals surface area contributed by atoms with Crippen molar-refractivity contribution in [1.29, 1.82) is 0 Å². The SMILES string of the molecule is CCOC(=O)C1CCN(C(=O)CNCCc2ccccc2)CC1. The van der Waals surface area contributed by atoms with E-state index in [0.717, 1.165) is 13.0 Å². The maximum Gasteiger partial charge on any atom is 0.309 e. The molecular weight excluding hydrogens is 292 g/mol. The molecule has 23 heavy (non-hydrogen) atoms. The number of ether oxygens (including phenoxy) is 1. The molecule has 1 aromatic rings. The standard InChI is InChI=1S/C18H26N2O3/c1-2-23-18(22)16-9-12-20(13-10-16)17(21)14-19-11-8-15-6-4-3-5-7-15/h3-7,16,19H,2,8-14H2,1H3. The molecule has 1 fully saturated rings. The summed E-state index contributed by atoms with van der Waals surface area (Å²) in [4.78, 5) is 25.7. The Bertz CT molecular complexity index is 496. The molecular formula is C18H26N2O3. The normalized spacial score (nSPS) is 15.4. The highest BCUT2D eigenvalue weighted by Crippen LogP contribution is 2.18. The minimum atomic E-state index is -0.124. The van der Waals surface area contributed by atoms with E-state index >= 15 is 0 Å². The van der Waals surface area contributed by atoms with Gasteiger partial charge in [0.1, 0.15) is 0 Å². The lowest BCUT2D eigenvalue weighted by molar-refractivity contribution is -0.151. The minimum absolute atomic E-state index is 0.0509. The summed E-state index contributed by atoms with van der Waals surface area (Å²) in [5, 5.41) is 3.20. The summed E-state index contributed by atoms with van der Waals surface area (Å²) in [6, 6.07) is 10.2. The van der Waals surface area contributed by atoms with E-state index in [4.69, 9.17) is 4.74 Å². The zero-order valence-electron chi connectivity index (χ0n) is 13.8. The van der Waals surface area contributed by atoms with Gasteiger partial charge in [-0.05, 0) is 38.3 Å². The number of carbonyl (C=O) groups is 2. The van der Waals surface area contributed by atoms with Gasteiger partial charge in [0.2, 0.25) is 5.91 Å². The fourth-order valence-electron chi connectivity index (χ4n) is 2.81. The van der Waals surface area contributed by atoms with Crippen molar-refractivity contribution in [2.45, 2.75) is 26.2 Å².